The molecule has 0 radical (unpaired) electrons. The molecule has 6 heteroatoms. The first-order chi connectivity index (χ1) is 9.09. The number of imide groups is 1. The van der Waals surface area contributed by atoms with E-state index >= 15 is 0 Å². The molecule has 0 N–H and O–H groups in total. The number of nitrogens with zero attached hydrogens (tertiary/aromatic N) is 2. The Bertz CT molecular complexity index is 681. The maximum absolute atomic E-state index is 13.2. The molecular weight excluding hydrogens is 254 g/mol. The maximum Gasteiger partial charge on any atom is 0.267 e. The summed E-state index contributed by atoms with van der Waals surface area (Å²) in [5.74, 6) is -3.33. The number of hydrogen-bond donors (Lipinski definition) is 0. The van der Waals surface area contributed by atoms with Crippen LogP contribution >= 0.6 is 0 Å². The summed E-state index contributed by atoms with van der Waals surface area (Å²) in [4.78, 5) is 28.7. The summed E-state index contributed by atoms with van der Waals surface area (Å²) in [6.45, 7) is 0. The van der Waals surface area contributed by atoms with E-state index in [9.17, 15) is 18.4 Å². The van der Waals surface area contributed by atoms with Crippen LogP contribution in [0.3, 0.4) is 0 Å². The van der Waals surface area contributed by atoms with Gasteiger partial charge >= 0.3 is 0 Å². The van der Waals surface area contributed by atoms with Crippen molar-refractivity contribution in [1.82, 2.24) is 4.98 Å². The van der Waals surface area contributed by atoms with E-state index in [0.717, 1.165) is 17.0 Å². The van der Waals surface area contributed by atoms with Gasteiger partial charge in [-0.25, -0.2) is 13.7 Å². The van der Waals surface area contributed by atoms with Crippen LogP contribution in [0.25, 0.3) is 0 Å². The van der Waals surface area contributed by atoms with Gasteiger partial charge in [-0.05, 0) is 18.2 Å². The minimum atomic E-state index is -1.12. The van der Waals surface area contributed by atoms with Crippen LogP contribution in [0, 0.1) is 11.6 Å². The van der Waals surface area contributed by atoms with E-state index in [1.54, 1.807) is 0 Å². The first-order valence-corrected chi connectivity index (χ1v) is 5.37. The molecule has 3 rings (SSSR count). The lowest BCUT2D eigenvalue weighted by Gasteiger charge is -2.13. The molecule has 1 aromatic carbocycles. The Morgan fingerprint density at radius 2 is 1.68 bits per heavy atom. The molecule has 2 amide bonds. The van der Waals surface area contributed by atoms with Crippen molar-refractivity contribution in [3.05, 3.63) is 59.4 Å². The van der Waals surface area contributed by atoms with E-state index in [0.29, 0.717) is 0 Å². The number of carbonyl (C=O) groups excluding carboxylic acids is 2. The van der Waals surface area contributed by atoms with E-state index in [1.807, 2.05) is 0 Å². The number of pyridine rings is 1. The molecular formula is C13H6F2N2O2. The van der Waals surface area contributed by atoms with Crippen molar-refractivity contribution in [1.29, 1.82) is 0 Å². The first-order valence-electron chi connectivity index (χ1n) is 5.37. The Morgan fingerprint density at radius 1 is 0.947 bits per heavy atom. The molecule has 0 spiro atoms. The molecule has 94 valence electrons. The summed E-state index contributed by atoms with van der Waals surface area (Å²) in [7, 11) is 0. The highest BCUT2D eigenvalue weighted by Crippen LogP contribution is 2.28. The topological polar surface area (TPSA) is 50.3 Å². The monoisotopic (exact) mass is 260 g/mol. The molecule has 0 unspecified atom stereocenters. The average Bonchev–Trinajstić information content (AvgIpc) is 2.66. The van der Waals surface area contributed by atoms with Crippen molar-refractivity contribution >= 4 is 17.5 Å². The van der Waals surface area contributed by atoms with Gasteiger partial charge in [0.15, 0.2) is 11.6 Å². The Labute approximate surface area is 106 Å². The normalized spacial score (nSPS) is 13.9. The predicted octanol–water partition coefficient (Wildman–Crippen LogP) is 2.16. The second kappa shape index (κ2) is 3.94. The van der Waals surface area contributed by atoms with E-state index in [1.165, 1.54) is 24.5 Å². The maximum atomic E-state index is 13.2. The fourth-order valence-electron chi connectivity index (χ4n) is 1.94. The summed E-state index contributed by atoms with van der Waals surface area (Å²) < 4.78 is 26.0. The smallest absolute Gasteiger partial charge is 0.267 e. The lowest BCUT2D eigenvalue weighted by molar-refractivity contribution is 0.0926. The molecule has 0 saturated heterocycles. The second-order valence-corrected chi connectivity index (χ2v) is 3.97. The zero-order valence-corrected chi connectivity index (χ0v) is 9.43. The minimum Gasteiger partial charge on any atom is -0.268 e. The predicted molar refractivity (Wildman–Crippen MR) is 61.7 cm³/mol. The van der Waals surface area contributed by atoms with Gasteiger partial charge in [0, 0.05) is 18.5 Å². The van der Waals surface area contributed by atoms with Gasteiger partial charge in [0.25, 0.3) is 11.8 Å². The van der Waals surface area contributed by atoms with E-state index < -0.39 is 23.4 Å². The largest absolute Gasteiger partial charge is 0.268 e. The van der Waals surface area contributed by atoms with Crippen molar-refractivity contribution in [2.45, 2.75) is 0 Å². The summed E-state index contributed by atoms with van der Waals surface area (Å²) >= 11 is 0. The Balaban J connectivity index is 2.11. The van der Waals surface area contributed by atoms with Crippen molar-refractivity contribution in [3.63, 3.8) is 0 Å². The van der Waals surface area contributed by atoms with Crippen molar-refractivity contribution < 1.29 is 18.4 Å². The molecule has 0 saturated carbocycles. The molecule has 1 aromatic heterocycles. The van der Waals surface area contributed by atoms with Gasteiger partial charge in [-0.2, -0.15) is 0 Å². The van der Waals surface area contributed by atoms with Gasteiger partial charge in [0.2, 0.25) is 0 Å². The molecule has 4 nitrogen and oxygen atoms in total. The number of amides is 2. The van der Waals surface area contributed by atoms with Crippen molar-refractivity contribution in [2.75, 3.05) is 4.90 Å². The lowest BCUT2D eigenvalue weighted by atomic mass is 10.2. The quantitative estimate of drug-likeness (QED) is 0.738. The number of benzene rings is 1. The number of hydrogen-bond acceptors (Lipinski definition) is 3. The van der Waals surface area contributed by atoms with Gasteiger partial charge in [-0.3, -0.25) is 14.6 Å². The fourth-order valence-corrected chi connectivity index (χ4v) is 1.94. The molecule has 0 atom stereocenters. The van der Waals surface area contributed by atoms with E-state index in [-0.39, 0.29) is 16.8 Å². The molecule has 0 bridgehead atoms. The van der Waals surface area contributed by atoms with E-state index in [2.05, 4.69) is 4.98 Å². The highest BCUT2D eigenvalue weighted by Gasteiger charge is 2.36. The highest BCUT2D eigenvalue weighted by molar-refractivity contribution is 6.34. The SMILES string of the molecule is O=C1c2ccncc2C(=O)N1c1ccc(F)c(F)c1. The minimum absolute atomic E-state index is 0.00917. The standard InChI is InChI=1S/C13H6F2N2O2/c14-10-2-1-7(5-11(10)15)17-12(18)8-3-4-16-6-9(8)13(17)19/h1-6H. The molecule has 19 heavy (non-hydrogen) atoms. The van der Waals surface area contributed by atoms with Gasteiger partial charge in [-0.15, -0.1) is 0 Å². The average molecular weight is 260 g/mol. The van der Waals surface area contributed by atoms with Crippen LogP contribution in [0.1, 0.15) is 20.7 Å². The Hall–Kier alpha value is -2.63. The number of aromatic nitrogens is 1. The lowest BCUT2D eigenvalue weighted by Crippen LogP contribution is -2.29. The summed E-state index contributed by atoms with van der Waals surface area (Å²) in [5.41, 5.74) is 0.340. The number of rotatable bonds is 1. The summed E-state index contributed by atoms with van der Waals surface area (Å²) in [6.07, 6.45) is 2.66. The molecule has 1 aliphatic heterocycles. The fraction of sp³-hybridized carbons (Fsp3) is 0. The third kappa shape index (κ3) is 1.61. The van der Waals surface area contributed by atoms with Crippen LogP contribution in [0.4, 0.5) is 14.5 Å². The van der Waals surface area contributed by atoms with Crippen LogP contribution in [0.2, 0.25) is 0 Å². The third-order valence-corrected chi connectivity index (χ3v) is 2.85. The van der Waals surface area contributed by atoms with Gasteiger partial charge in [0.05, 0.1) is 16.8 Å². The van der Waals surface area contributed by atoms with Crippen LogP contribution in [-0.2, 0) is 0 Å². The Kier molecular flexibility index (Phi) is 2.38. The summed E-state index contributed by atoms with van der Waals surface area (Å²) in [6, 6.07) is 4.26. The summed E-state index contributed by atoms with van der Waals surface area (Å²) in [5, 5.41) is 0. The van der Waals surface area contributed by atoms with Crippen molar-refractivity contribution in [2.24, 2.45) is 0 Å². The Morgan fingerprint density at radius 3 is 2.37 bits per heavy atom. The van der Waals surface area contributed by atoms with Gasteiger partial charge in [-0.1, -0.05) is 0 Å². The van der Waals surface area contributed by atoms with Gasteiger partial charge in [0.1, 0.15) is 0 Å². The second-order valence-electron chi connectivity index (χ2n) is 3.97. The van der Waals surface area contributed by atoms with Crippen LogP contribution in [0.5, 0.6) is 0 Å². The number of fused-ring (bicyclic) bond motifs is 1. The van der Waals surface area contributed by atoms with Crippen LogP contribution < -0.4 is 4.90 Å². The zero-order chi connectivity index (χ0) is 13.6. The van der Waals surface area contributed by atoms with Gasteiger partial charge < -0.3 is 0 Å². The molecule has 0 fully saturated rings. The number of carbonyl (C=O) groups is 2. The molecule has 1 aliphatic rings. The first kappa shape index (κ1) is 11.5. The van der Waals surface area contributed by atoms with Crippen LogP contribution in [0.15, 0.2) is 36.7 Å². The number of halogens is 2. The molecule has 0 aliphatic carbocycles. The van der Waals surface area contributed by atoms with E-state index in [4.69, 9.17) is 0 Å². The zero-order valence-electron chi connectivity index (χ0n) is 9.43. The molecule has 2 aromatic rings. The van der Waals surface area contributed by atoms with Crippen LogP contribution in [-0.4, -0.2) is 16.8 Å². The number of anilines is 1. The molecule has 2 heterocycles. The van der Waals surface area contributed by atoms with Crippen molar-refractivity contribution in [3.8, 4) is 0 Å². The third-order valence-electron chi connectivity index (χ3n) is 2.85. The highest BCUT2D eigenvalue weighted by atomic mass is 19.2.